The van der Waals surface area contributed by atoms with Gasteiger partial charge in [0.05, 0.1) is 17.9 Å². The highest BCUT2D eigenvalue weighted by atomic mass is 32.2. The molecule has 276 valence electrons. The minimum absolute atomic E-state index is 0.242. The predicted molar refractivity (Wildman–Crippen MR) is 198 cm³/mol. The number of carbonyl (C=O) groups excluding carboxylic acids is 1. The highest BCUT2D eigenvalue weighted by Crippen LogP contribution is 2.17. The van der Waals surface area contributed by atoms with Crippen LogP contribution in [0.1, 0.15) is 226 Å². The number of amides is 1. The van der Waals surface area contributed by atoms with Crippen LogP contribution in [0.3, 0.4) is 0 Å². The molecule has 46 heavy (non-hydrogen) atoms. The molecule has 0 aliphatic carbocycles. The summed E-state index contributed by atoms with van der Waals surface area (Å²) in [5.74, 6) is -0.883. The number of unbranched alkanes of at least 4 members (excludes halogenated alkanes) is 29. The molecular weight excluding hydrogens is 594 g/mol. The predicted octanol–water partition coefficient (Wildman–Crippen LogP) is 11.6. The first-order chi connectivity index (χ1) is 22.3. The van der Waals surface area contributed by atoms with Crippen molar-refractivity contribution in [2.45, 2.75) is 238 Å². The Balaban J connectivity index is 3.82. The molecule has 0 saturated heterocycles. The van der Waals surface area contributed by atoms with Gasteiger partial charge in [0.15, 0.2) is 0 Å². The van der Waals surface area contributed by atoms with E-state index < -0.39 is 28.0 Å². The van der Waals surface area contributed by atoms with Gasteiger partial charge in [-0.3, -0.25) is 9.35 Å². The van der Waals surface area contributed by atoms with E-state index in [1.165, 1.54) is 161 Å². The third-order valence-corrected chi connectivity index (χ3v) is 10.3. The second kappa shape index (κ2) is 34.2. The summed E-state index contributed by atoms with van der Waals surface area (Å²) in [6, 6.07) is -0.963. The molecule has 0 aromatic rings. The maximum atomic E-state index is 12.5. The van der Waals surface area contributed by atoms with E-state index in [0.29, 0.717) is 12.8 Å². The van der Waals surface area contributed by atoms with Crippen LogP contribution in [0, 0.1) is 0 Å². The van der Waals surface area contributed by atoms with E-state index in [1.54, 1.807) is 0 Å². The number of hydrogen-bond acceptors (Lipinski definition) is 4. The van der Waals surface area contributed by atoms with Gasteiger partial charge in [-0.1, -0.05) is 206 Å². The number of aliphatic hydroxyl groups excluding tert-OH is 1. The van der Waals surface area contributed by atoms with Gasteiger partial charge in [-0.2, -0.15) is 8.42 Å². The minimum Gasteiger partial charge on any atom is -0.391 e. The Labute approximate surface area is 287 Å². The zero-order valence-electron chi connectivity index (χ0n) is 30.7. The van der Waals surface area contributed by atoms with E-state index in [2.05, 4.69) is 19.2 Å². The Morgan fingerprint density at radius 3 is 1.09 bits per heavy atom. The van der Waals surface area contributed by atoms with E-state index in [-0.39, 0.29) is 5.91 Å². The molecule has 0 rings (SSSR count). The molecular formula is C39H79NO5S. The Morgan fingerprint density at radius 2 is 0.783 bits per heavy atom. The van der Waals surface area contributed by atoms with Crippen LogP contribution in [0.4, 0.5) is 0 Å². The fourth-order valence-corrected chi connectivity index (χ4v) is 7.27. The smallest absolute Gasteiger partial charge is 0.266 e. The zero-order valence-corrected chi connectivity index (χ0v) is 31.5. The summed E-state index contributed by atoms with van der Waals surface area (Å²) in [7, 11) is -4.30. The van der Waals surface area contributed by atoms with Crippen LogP contribution in [-0.2, 0) is 14.9 Å². The zero-order chi connectivity index (χ0) is 34.0. The molecule has 0 fully saturated rings. The van der Waals surface area contributed by atoms with Crippen LogP contribution < -0.4 is 5.32 Å². The summed E-state index contributed by atoms with van der Waals surface area (Å²) in [6.07, 6.45) is 39.1. The topological polar surface area (TPSA) is 104 Å². The minimum atomic E-state index is -4.30. The molecule has 7 heteroatoms. The van der Waals surface area contributed by atoms with Gasteiger partial charge in [0, 0.05) is 6.42 Å². The number of carbonyl (C=O) groups is 1. The second-order valence-electron chi connectivity index (χ2n) is 14.3. The lowest BCUT2D eigenvalue weighted by molar-refractivity contribution is -0.122. The highest BCUT2D eigenvalue weighted by molar-refractivity contribution is 7.85. The van der Waals surface area contributed by atoms with Crippen LogP contribution in [0.15, 0.2) is 0 Å². The molecule has 0 bridgehead atoms. The Bertz CT molecular complexity index is 745. The van der Waals surface area contributed by atoms with Crippen LogP contribution in [0.25, 0.3) is 0 Å². The van der Waals surface area contributed by atoms with Gasteiger partial charge >= 0.3 is 0 Å². The third-order valence-electron chi connectivity index (χ3n) is 9.56. The van der Waals surface area contributed by atoms with Gasteiger partial charge in [0.2, 0.25) is 5.91 Å². The van der Waals surface area contributed by atoms with E-state index in [0.717, 1.165) is 38.5 Å². The molecule has 6 nitrogen and oxygen atoms in total. The van der Waals surface area contributed by atoms with Gasteiger partial charge in [-0.25, -0.2) is 0 Å². The van der Waals surface area contributed by atoms with Gasteiger partial charge < -0.3 is 10.4 Å². The van der Waals surface area contributed by atoms with Crippen molar-refractivity contribution in [2.75, 3.05) is 5.75 Å². The Kier molecular flexibility index (Phi) is 33.7. The molecule has 0 spiro atoms. The number of nitrogens with one attached hydrogen (secondary N) is 1. The van der Waals surface area contributed by atoms with Crippen molar-refractivity contribution >= 4 is 16.0 Å². The highest BCUT2D eigenvalue weighted by Gasteiger charge is 2.26. The summed E-state index contributed by atoms with van der Waals surface area (Å²) in [5.41, 5.74) is 0. The summed E-state index contributed by atoms with van der Waals surface area (Å²) < 4.78 is 32.5. The quantitative estimate of drug-likeness (QED) is 0.0450. The molecule has 0 radical (unpaired) electrons. The Morgan fingerprint density at radius 1 is 0.500 bits per heavy atom. The maximum Gasteiger partial charge on any atom is 0.266 e. The molecule has 2 atom stereocenters. The normalized spacial score (nSPS) is 13.2. The number of aliphatic hydroxyl groups is 1. The molecule has 0 aromatic carbocycles. The van der Waals surface area contributed by atoms with Crippen LogP contribution in [0.5, 0.6) is 0 Å². The third kappa shape index (κ3) is 34.7. The molecule has 2 unspecified atom stereocenters. The lowest BCUT2D eigenvalue weighted by Gasteiger charge is -2.23. The van der Waals surface area contributed by atoms with Crippen molar-refractivity contribution in [1.29, 1.82) is 0 Å². The van der Waals surface area contributed by atoms with Gasteiger partial charge in [-0.15, -0.1) is 0 Å². The summed E-state index contributed by atoms with van der Waals surface area (Å²) in [4.78, 5) is 12.5. The monoisotopic (exact) mass is 674 g/mol. The molecule has 0 heterocycles. The number of hydrogen-bond donors (Lipinski definition) is 3. The van der Waals surface area contributed by atoms with Crippen molar-refractivity contribution < 1.29 is 22.9 Å². The average molecular weight is 674 g/mol. The molecule has 3 N–H and O–H groups in total. The van der Waals surface area contributed by atoms with Crippen molar-refractivity contribution in [1.82, 2.24) is 5.32 Å². The maximum absolute atomic E-state index is 12.5. The van der Waals surface area contributed by atoms with E-state index >= 15 is 0 Å². The van der Waals surface area contributed by atoms with E-state index in [1.807, 2.05) is 0 Å². The summed E-state index contributed by atoms with van der Waals surface area (Å²) >= 11 is 0. The van der Waals surface area contributed by atoms with Crippen molar-refractivity contribution in [3.63, 3.8) is 0 Å². The lowest BCUT2D eigenvalue weighted by Crippen LogP contribution is -2.47. The van der Waals surface area contributed by atoms with Gasteiger partial charge in [0.1, 0.15) is 0 Å². The molecule has 1 amide bonds. The molecule has 0 saturated carbocycles. The van der Waals surface area contributed by atoms with Crippen molar-refractivity contribution in [3.05, 3.63) is 0 Å². The Hall–Kier alpha value is -0.660. The molecule has 0 aliphatic heterocycles. The average Bonchev–Trinajstić information content (AvgIpc) is 3.01. The first-order valence-electron chi connectivity index (χ1n) is 20.2. The largest absolute Gasteiger partial charge is 0.391 e. The standard InChI is InChI=1S/C39H79NO5S/c1-3-5-7-9-11-13-15-17-18-19-20-21-23-24-26-28-30-32-34-38(41)37(36-46(43,44)45)40-39(42)35-33-31-29-27-25-22-16-14-12-10-8-6-4-2/h37-38,41H,3-36H2,1-2H3,(H,40,42)(H,43,44,45). The van der Waals surface area contributed by atoms with E-state index in [9.17, 15) is 22.9 Å². The van der Waals surface area contributed by atoms with Gasteiger partial charge in [0.25, 0.3) is 10.1 Å². The number of rotatable bonds is 37. The fourth-order valence-electron chi connectivity index (χ4n) is 6.51. The first kappa shape index (κ1) is 45.3. The van der Waals surface area contributed by atoms with Crippen LogP contribution in [-0.4, -0.2) is 41.9 Å². The fraction of sp³-hybridized carbons (Fsp3) is 0.974. The molecule has 0 aromatic heterocycles. The second-order valence-corrected chi connectivity index (χ2v) is 15.8. The van der Waals surface area contributed by atoms with E-state index in [4.69, 9.17) is 0 Å². The summed E-state index contributed by atoms with van der Waals surface area (Å²) in [6.45, 7) is 4.52. The van der Waals surface area contributed by atoms with Crippen LogP contribution >= 0.6 is 0 Å². The van der Waals surface area contributed by atoms with Crippen molar-refractivity contribution in [3.8, 4) is 0 Å². The summed E-state index contributed by atoms with van der Waals surface area (Å²) in [5, 5.41) is 13.3. The SMILES string of the molecule is CCCCCCCCCCCCCCCCCCCCC(O)C(CS(=O)(=O)O)NC(=O)CCCCCCCCCCCCCCC. The lowest BCUT2D eigenvalue weighted by atomic mass is 10.0. The van der Waals surface area contributed by atoms with Crippen molar-refractivity contribution in [2.24, 2.45) is 0 Å². The first-order valence-corrected chi connectivity index (χ1v) is 21.8. The molecule has 0 aliphatic rings. The van der Waals surface area contributed by atoms with Gasteiger partial charge in [-0.05, 0) is 12.8 Å². The van der Waals surface area contributed by atoms with Crippen LogP contribution in [0.2, 0.25) is 0 Å².